The van der Waals surface area contributed by atoms with Crippen molar-refractivity contribution in [1.82, 2.24) is 0 Å². The lowest BCUT2D eigenvalue weighted by Crippen LogP contribution is -2.00. The molecule has 1 radical (unpaired) electrons. The molecule has 0 heteroatoms. The average molecular weight is 279 g/mol. The van der Waals surface area contributed by atoms with Crippen LogP contribution in [0.2, 0.25) is 0 Å². The van der Waals surface area contributed by atoms with Crippen LogP contribution in [0.25, 0.3) is 0 Å². The van der Waals surface area contributed by atoms with Crippen molar-refractivity contribution in [1.29, 1.82) is 0 Å². The van der Waals surface area contributed by atoms with E-state index in [4.69, 9.17) is 0 Å². The fourth-order valence-electron chi connectivity index (χ4n) is 2.67. The first-order valence-electron chi connectivity index (χ1n) is 8.23. The van der Waals surface area contributed by atoms with Gasteiger partial charge in [0.2, 0.25) is 0 Å². The molecule has 0 aliphatic heterocycles. The molecule has 111 valence electrons. The largest absolute Gasteiger partial charge is 0.0654 e. The SMILES string of the molecule is CCCCc1ccc([CH]C(CC)c2ccc(C)cc2)cc1. The number of rotatable bonds is 7. The van der Waals surface area contributed by atoms with Crippen LogP contribution in [0.4, 0.5) is 0 Å². The van der Waals surface area contributed by atoms with Gasteiger partial charge in [0, 0.05) is 0 Å². The molecule has 0 saturated carbocycles. The van der Waals surface area contributed by atoms with Gasteiger partial charge in [0.15, 0.2) is 0 Å². The monoisotopic (exact) mass is 279 g/mol. The Hall–Kier alpha value is -1.56. The summed E-state index contributed by atoms with van der Waals surface area (Å²) in [5.41, 5.74) is 5.53. The Morgan fingerprint density at radius 1 is 0.905 bits per heavy atom. The lowest BCUT2D eigenvalue weighted by molar-refractivity contribution is 0.763. The van der Waals surface area contributed by atoms with Gasteiger partial charge >= 0.3 is 0 Å². The van der Waals surface area contributed by atoms with E-state index >= 15 is 0 Å². The Morgan fingerprint density at radius 3 is 2.14 bits per heavy atom. The molecular formula is C21H27. The van der Waals surface area contributed by atoms with Crippen LogP contribution in [0.15, 0.2) is 48.5 Å². The van der Waals surface area contributed by atoms with Gasteiger partial charge in [-0.05, 0) is 55.2 Å². The molecule has 0 saturated heterocycles. The predicted octanol–water partition coefficient (Wildman–Crippen LogP) is 6.08. The lowest BCUT2D eigenvalue weighted by Gasteiger charge is -2.15. The number of unbranched alkanes of at least 4 members (excludes halogenated alkanes) is 1. The molecule has 1 atom stereocenters. The highest BCUT2D eigenvalue weighted by Gasteiger charge is 2.10. The van der Waals surface area contributed by atoms with E-state index in [9.17, 15) is 0 Å². The third kappa shape index (κ3) is 4.74. The molecule has 0 N–H and O–H groups in total. The molecule has 0 amide bonds. The maximum absolute atomic E-state index is 2.40. The molecule has 0 aliphatic carbocycles. The second kappa shape index (κ2) is 8.02. The molecule has 0 aliphatic rings. The minimum atomic E-state index is 0.507. The highest BCUT2D eigenvalue weighted by Crippen LogP contribution is 2.26. The molecule has 2 aromatic carbocycles. The molecule has 2 rings (SSSR count). The van der Waals surface area contributed by atoms with E-state index in [2.05, 4.69) is 75.7 Å². The van der Waals surface area contributed by atoms with E-state index < -0.39 is 0 Å². The van der Waals surface area contributed by atoms with E-state index in [1.165, 1.54) is 41.5 Å². The van der Waals surface area contributed by atoms with Crippen molar-refractivity contribution >= 4 is 0 Å². The van der Waals surface area contributed by atoms with E-state index in [0.29, 0.717) is 5.92 Å². The standard InChI is InChI=1S/C21H27/c1-4-6-7-18-10-12-19(13-11-18)16-20(5-2)21-14-8-17(3)9-15-21/h8-16,20H,4-7H2,1-3H3. The molecular weight excluding hydrogens is 252 g/mol. The van der Waals surface area contributed by atoms with Gasteiger partial charge in [0.1, 0.15) is 0 Å². The molecule has 0 nitrogen and oxygen atoms in total. The van der Waals surface area contributed by atoms with Gasteiger partial charge in [0.25, 0.3) is 0 Å². The summed E-state index contributed by atoms with van der Waals surface area (Å²) in [6, 6.07) is 18.0. The molecule has 2 aromatic rings. The third-order valence-corrected chi connectivity index (χ3v) is 4.14. The summed E-state index contributed by atoms with van der Waals surface area (Å²) < 4.78 is 0. The zero-order valence-electron chi connectivity index (χ0n) is 13.6. The molecule has 0 aromatic heterocycles. The first-order valence-corrected chi connectivity index (χ1v) is 8.23. The summed E-state index contributed by atoms with van der Waals surface area (Å²) in [6.45, 7) is 6.65. The minimum absolute atomic E-state index is 0.507. The van der Waals surface area contributed by atoms with Crippen LogP contribution in [-0.2, 0) is 6.42 Å². The first kappa shape index (κ1) is 15.8. The van der Waals surface area contributed by atoms with Crippen LogP contribution in [0.5, 0.6) is 0 Å². The van der Waals surface area contributed by atoms with E-state index in [0.717, 1.165) is 6.42 Å². The van der Waals surface area contributed by atoms with Crippen LogP contribution in [-0.4, -0.2) is 0 Å². The summed E-state index contributed by atoms with van der Waals surface area (Å²) in [4.78, 5) is 0. The molecule has 0 spiro atoms. The van der Waals surface area contributed by atoms with Gasteiger partial charge in [-0.1, -0.05) is 74.4 Å². The fourth-order valence-corrected chi connectivity index (χ4v) is 2.67. The second-order valence-electron chi connectivity index (χ2n) is 5.94. The zero-order valence-corrected chi connectivity index (χ0v) is 13.6. The fraction of sp³-hybridized carbons (Fsp3) is 0.381. The normalized spacial score (nSPS) is 12.3. The van der Waals surface area contributed by atoms with Crippen LogP contribution < -0.4 is 0 Å². The Kier molecular flexibility index (Phi) is 6.04. The Morgan fingerprint density at radius 2 is 1.57 bits per heavy atom. The van der Waals surface area contributed by atoms with Gasteiger partial charge in [-0.2, -0.15) is 0 Å². The smallest absolute Gasteiger partial charge is 0.00185 e. The van der Waals surface area contributed by atoms with Crippen LogP contribution in [0.1, 0.15) is 61.3 Å². The van der Waals surface area contributed by atoms with Crippen LogP contribution >= 0.6 is 0 Å². The van der Waals surface area contributed by atoms with Gasteiger partial charge in [0.05, 0.1) is 0 Å². The number of hydrogen-bond acceptors (Lipinski definition) is 0. The minimum Gasteiger partial charge on any atom is -0.0654 e. The summed E-state index contributed by atoms with van der Waals surface area (Å²) >= 11 is 0. The summed E-state index contributed by atoms with van der Waals surface area (Å²) in [6.07, 6.45) is 7.28. The van der Waals surface area contributed by atoms with Crippen LogP contribution in [0.3, 0.4) is 0 Å². The lowest BCUT2D eigenvalue weighted by atomic mass is 9.89. The quantitative estimate of drug-likeness (QED) is 0.576. The van der Waals surface area contributed by atoms with Crippen molar-refractivity contribution in [2.45, 2.75) is 52.4 Å². The molecule has 21 heavy (non-hydrogen) atoms. The van der Waals surface area contributed by atoms with Gasteiger partial charge in [-0.3, -0.25) is 0 Å². The number of hydrogen-bond donors (Lipinski definition) is 0. The number of benzene rings is 2. The molecule has 1 unspecified atom stereocenters. The highest BCUT2D eigenvalue weighted by atomic mass is 14.1. The van der Waals surface area contributed by atoms with Crippen molar-refractivity contribution in [3.8, 4) is 0 Å². The third-order valence-electron chi connectivity index (χ3n) is 4.14. The van der Waals surface area contributed by atoms with Crippen molar-refractivity contribution < 1.29 is 0 Å². The Bertz CT molecular complexity index is 519. The second-order valence-corrected chi connectivity index (χ2v) is 5.94. The zero-order chi connectivity index (χ0) is 15.1. The van der Waals surface area contributed by atoms with Gasteiger partial charge < -0.3 is 0 Å². The van der Waals surface area contributed by atoms with Gasteiger partial charge in [-0.25, -0.2) is 0 Å². The summed E-state index contributed by atoms with van der Waals surface area (Å²) in [7, 11) is 0. The van der Waals surface area contributed by atoms with Crippen molar-refractivity contribution in [2.75, 3.05) is 0 Å². The Labute approximate surface area is 130 Å². The molecule has 0 fully saturated rings. The van der Waals surface area contributed by atoms with Crippen molar-refractivity contribution in [2.24, 2.45) is 0 Å². The van der Waals surface area contributed by atoms with E-state index in [-0.39, 0.29) is 0 Å². The first-order chi connectivity index (χ1) is 10.2. The molecule has 0 bridgehead atoms. The Balaban J connectivity index is 2.02. The topological polar surface area (TPSA) is 0 Å². The van der Waals surface area contributed by atoms with Crippen LogP contribution in [0, 0.1) is 13.3 Å². The highest BCUT2D eigenvalue weighted by molar-refractivity contribution is 5.34. The van der Waals surface area contributed by atoms with E-state index in [1.807, 2.05) is 0 Å². The summed E-state index contributed by atoms with van der Waals surface area (Å²) in [5.74, 6) is 0.507. The summed E-state index contributed by atoms with van der Waals surface area (Å²) in [5, 5.41) is 0. The van der Waals surface area contributed by atoms with Crippen molar-refractivity contribution in [3.63, 3.8) is 0 Å². The average Bonchev–Trinajstić information content (AvgIpc) is 2.53. The number of aryl methyl sites for hydroxylation is 2. The maximum atomic E-state index is 2.40. The van der Waals surface area contributed by atoms with Gasteiger partial charge in [-0.15, -0.1) is 0 Å². The molecule has 0 heterocycles. The predicted molar refractivity (Wildman–Crippen MR) is 92.7 cm³/mol. The maximum Gasteiger partial charge on any atom is -0.00185 e. The van der Waals surface area contributed by atoms with Crippen molar-refractivity contribution in [3.05, 3.63) is 77.2 Å². The van der Waals surface area contributed by atoms with E-state index in [1.54, 1.807) is 0 Å².